The fourth-order valence-corrected chi connectivity index (χ4v) is 9.13. The van der Waals surface area contributed by atoms with Gasteiger partial charge in [0.15, 0.2) is 0 Å². The molecule has 0 aromatic carbocycles. The number of aliphatic hydroxyl groups is 1. The fraction of sp³-hybridized carbons (Fsp3) is 1.00. The first kappa shape index (κ1) is 17.3. The minimum atomic E-state index is -3.03. The van der Waals surface area contributed by atoms with Crippen LogP contribution in [0.4, 0.5) is 0 Å². The van der Waals surface area contributed by atoms with Crippen molar-refractivity contribution in [1.29, 1.82) is 0 Å². The zero-order valence-corrected chi connectivity index (χ0v) is 16.3. The Bertz CT molecular complexity index is 614. The molecule has 0 heterocycles. The first-order valence-corrected chi connectivity index (χ1v) is 12.1. The van der Waals surface area contributed by atoms with Gasteiger partial charge in [0, 0.05) is 12.2 Å². The van der Waals surface area contributed by atoms with E-state index in [2.05, 4.69) is 13.8 Å². The summed E-state index contributed by atoms with van der Waals surface area (Å²) in [5.74, 6) is 2.80. The number of aliphatic hydroxyl groups excluding tert-OH is 1. The van der Waals surface area contributed by atoms with Crippen molar-refractivity contribution in [3.05, 3.63) is 0 Å². The normalized spacial score (nSPS) is 54.2. The molecule has 8 atom stereocenters. The molecule has 5 rings (SSSR count). The number of hydrogen-bond acceptors (Lipinski definition) is 3. The quantitative estimate of drug-likeness (QED) is 0.823. The molecule has 0 radical (unpaired) electrons. The second-order valence-corrected chi connectivity index (χ2v) is 12.2. The van der Waals surface area contributed by atoms with E-state index in [0.717, 1.165) is 37.5 Å². The van der Waals surface area contributed by atoms with Gasteiger partial charge in [0.1, 0.15) is 9.84 Å². The molecule has 138 valence electrons. The highest BCUT2D eigenvalue weighted by molar-refractivity contribution is 7.90. The van der Waals surface area contributed by atoms with Gasteiger partial charge in [-0.05, 0) is 73.0 Å². The van der Waals surface area contributed by atoms with Crippen molar-refractivity contribution in [3.8, 4) is 0 Å². The van der Waals surface area contributed by atoms with Crippen LogP contribution in [0.15, 0.2) is 0 Å². The number of rotatable bonds is 2. The summed E-state index contributed by atoms with van der Waals surface area (Å²) in [6.45, 7) is 4.95. The Morgan fingerprint density at radius 2 is 1.83 bits per heavy atom. The van der Waals surface area contributed by atoms with Crippen molar-refractivity contribution in [3.63, 3.8) is 0 Å². The SMILES string of the molecule is C[C@H]1CCC[C@]2(C)[C@@H]1CC[C@@]13CC[C@@H](C[C@@H]21)[C@H](CS(C)(=O)=O)[C@H]3O. The van der Waals surface area contributed by atoms with Gasteiger partial charge in [0.25, 0.3) is 0 Å². The van der Waals surface area contributed by atoms with Crippen LogP contribution in [0, 0.1) is 40.4 Å². The summed E-state index contributed by atoms with van der Waals surface area (Å²) in [5.41, 5.74) is 0.373. The Morgan fingerprint density at radius 3 is 2.54 bits per heavy atom. The molecule has 0 aromatic heterocycles. The van der Waals surface area contributed by atoms with E-state index in [1.165, 1.54) is 31.9 Å². The van der Waals surface area contributed by atoms with Crippen LogP contribution in [0.25, 0.3) is 0 Å². The molecule has 0 amide bonds. The highest BCUT2D eigenvalue weighted by atomic mass is 32.2. The van der Waals surface area contributed by atoms with Crippen LogP contribution < -0.4 is 0 Å². The van der Waals surface area contributed by atoms with Crippen molar-refractivity contribution in [2.24, 2.45) is 40.4 Å². The van der Waals surface area contributed by atoms with Gasteiger partial charge in [-0.25, -0.2) is 8.42 Å². The Labute approximate surface area is 147 Å². The third-order valence-electron chi connectivity index (χ3n) is 8.93. The minimum Gasteiger partial charge on any atom is -0.392 e. The third kappa shape index (κ3) is 2.35. The summed E-state index contributed by atoms with van der Waals surface area (Å²) >= 11 is 0. The third-order valence-corrected chi connectivity index (χ3v) is 9.92. The second kappa shape index (κ2) is 5.45. The minimum absolute atomic E-state index is 0.00637. The van der Waals surface area contributed by atoms with Gasteiger partial charge in [0.2, 0.25) is 0 Å². The van der Waals surface area contributed by atoms with Crippen LogP contribution in [-0.2, 0) is 9.84 Å². The fourth-order valence-electron chi connectivity index (χ4n) is 7.97. The molecule has 0 unspecified atom stereocenters. The van der Waals surface area contributed by atoms with Crippen molar-refractivity contribution >= 4 is 9.84 Å². The lowest BCUT2D eigenvalue weighted by atomic mass is 9.37. The summed E-state index contributed by atoms with van der Waals surface area (Å²) in [5, 5.41) is 11.3. The van der Waals surface area contributed by atoms with E-state index in [1.54, 1.807) is 0 Å². The Kier molecular flexibility index (Phi) is 3.94. The molecule has 0 aromatic rings. The van der Waals surface area contributed by atoms with Gasteiger partial charge in [-0.2, -0.15) is 0 Å². The number of fused-ring (bicyclic) bond motifs is 3. The molecule has 0 aliphatic heterocycles. The van der Waals surface area contributed by atoms with E-state index in [9.17, 15) is 13.5 Å². The number of sulfone groups is 1. The van der Waals surface area contributed by atoms with Crippen LogP contribution in [0.3, 0.4) is 0 Å². The molecule has 0 saturated heterocycles. The molecule has 5 fully saturated rings. The van der Waals surface area contributed by atoms with Gasteiger partial charge < -0.3 is 5.11 Å². The molecule has 4 heteroatoms. The summed E-state index contributed by atoms with van der Waals surface area (Å²) < 4.78 is 23.8. The molecule has 3 nitrogen and oxygen atoms in total. The summed E-state index contributed by atoms with van der Waals surface area (Å²) in [6.07, 6.45) is 10.7. The van der Waals surface area contributed by atoms with Gasteiger partial charge in [-0.1, -0.05) is 26.7 Å². The lowest BCUT2D eigenvalue weighted by Gasteiger charge is -2.69. The average molecular weight is 355 g/mol. The maximum Gasteiger partial charge on any atom is 0.147 e. The average Bonchev–Trinajstić information content (AvgIpc) is 2.49. The lowest BCUT2D eigenvalue weighted by Crippen LogP contribution is -2.65. The molecule has 1 spiro atoms. The zero-order chi connectivity index (χ0) is 17.3. The molecule has 5 aliphatic rings. The van der Waals surface area contributed by atoms with Gasteiger partial charge >= 0.3 is 0 Å². The van der Waals surface area contributed by atoms with E-state index in [4.69, 9.17) is 0 Å². The smallest absolute Gasteiger partial charge is 0.147 e. The Hall–Kier alpha value is -0.0900. The van der Waals surface area contributed by atoms with Crippen LogP contribution in [0.5, 0.6) is 0 Å². The maximum atomic E-state index is 11.9. The van der Waals surface area contributed by atoms with Crippen LogP contribution >= 0.6 is 0 Å². The lowest BCUT2D eigenvalue weighted by molar-refractivity contribution is -0.230. The van der Waals surface area contributed by atoms with Gasteiger partial charge in [-0.15, -0.1) is 0 Å². The van der Waals surface area contributed by atoms with Crippen LogP contribution in [0.2, 0.25) is 0 Å². The monoisotopic (exact) mass is 354 g/mol. The van der Waals surface area contributed by atoms with Gasteiger partial charge in [-0.3, -0.25) is 0 Å². The highest BCUT2D eigenvalue weighted by Gasteiger charge is 2.66. The molecular formula is C20H34O3S. The standard InChI is InChI=1S/C20H34O3S/c1-13-5-4-8-19(2)16(13)7-10-20-9-6-14(11-17(19)20)15(18(20)21)12-24(3,22)23/h13-18,21H,4-12H2,1-3H3/t13-,14-,15-,16+,17-,18+,19+,20-/m0/s1. The van der Waals surface area contributed by atoms with E-state index in [-0.39, 0.29) is 17.1 Å². The van der Waals surface area contributed by atoms with E-state index in [1.807, 2.05) is 0 Å². The topological polar surface area (TPSA) is 54.4 Å². The Morgan fingerprint density at radius 1 is 1.12 bits per heavy atom. The molecule has 5 saturated carbocycles. The van der Waals surface area contributed by atoms with Gasteiger partial charge in [0.05, 0.1) is 11.9 Å². The highest BCUT2D eigenvalue weighted by Crippen LogP contribution is 2.70. The van der Waals surface area contributed by atoms with Crippen molar-refractivity contribution in [2.75, 3.05) is 12.0 Å². The van der Waals surface area contributed by atoms with Crippen molar-refractivity contribution < 1.29 is 13.5 Å². The molecular weight excluding hydrogens is 320 g/mol. The Balaban J connectivity index is 1.69. The molecule has 5 aliphatic carbocycles. The predicted octanol–water partition coefficient (Wildman–Crippen LogP) is 3.66. The van der Waals surface area contributed by atoms with E-state index >= 15 is 0 Å². The van der Waals surface area contributed by atoms with Crippen molar-refractivity contribution in [1.82, 2.24) is 0 Å². The van der Waals surface area contributed by atoms with Crippen molar-refractivity contribution in [2.45, 2.75) is 71.3 Å². The number of hydrogen-bond donors (Lipinski definition) is 1. The zero-order valence-electron chi connectivity index (χ0n) is 15.5. The summed E-state index contributed by atoms with van der Waals surface area (Å²) in [4.78, 5) is 0. The predicted molar refractivity (Wildman–Crippen MR) is 96.3 cm³/mol. The second-order valence-electron chi connectivity index (χ2n) is 10.0. The van der Waals surface area contributed by atoms with Crippen LogP contribution in [-0.4, -0.2) is 31.6 Å². The first-order valence-electron chi connectivity index (χ1n) is 10.0. The molecule has 1 N–H and O–H groups in total. The summed E-state index contributed by atoms with van der Waals surface area (Å²) in [6, 6.07) is 0. The van der Waals surface area contributed by atoms with E-state index < -0.39 is 15.9 Å². The van der Waals surface area contributed by atoms with E-state index in [0.29, 0.717) is 17.3 Å². The summed E-state index contributed by atoms with van der Waals surface area (Å²) in [7, 11) is -3.03. The van der Waals surface area contributed by atoms with Crippen LogP contribution in [0.1, 0.15) is 65.2 Å². The molecule has 24 heavy (non-hydrogen) atoms. The largest absolute Gasteiger partial charge is 0.392 e. The maximum absolute atomic E-state index is 11.9. The molecule has 2 bridgehead atoms. The first-order chi connectivity index (χ1) is 11.2.